The van der Waals surface area contributed by atoms with Gasteiger partial charge in [-0.25, -0.2) is 4.79 Å². The van der Waals surface area contributed by atoms with Crippen LogP contribution in [0.1, 0.15) is 54.9 Å². The van der Waals surface area contributed by atoms with Crippen molar-refractivity contribution in [2.24, 2.45) is 0 Å². The molecule has 26 heavy (non-hydrogen) atoms. The van der Waals surface area contributed by atoms with Crippen molar-refractivity contribution in [2.75, 3.05) is 20.2 Å². The predicted molar refractivity (Wildman–Crippen MR) is 99.7 cm³/mol. The molecule has 0 unspecified atom stereocenters. The molecule has 1 amide bonds. The van der Waals surface area contributed by atoms with Crippen molar-refractivity contribution < 1.29 is 28.4 Å². The summed E-state index contributed by atoms with van der Waals surface area (Å²) >= 11 is 0. The summed E-state index contributed by atoms with van der Waals surface area (Å²) in [5.41, 5.74) is -1.42. The van der Waals surface area contributed by atoms with Gasteiger partial charge in [-0.2, -0.15) is 0 Å². The van der Waals surface area contributed by atoms with Gasteiger partial charge in [-0.3, -0.25) is 9.69 Å². The summed E-state index contributed by atoms with van der Waals surface area (Å²) in [5, 5.41) is 0. The maximum Gasteiger partial charge on any atom is 0.486 e. The number of ether oxygens (including phenoxy) is 2. The molecule has 1 aliphatic rings. The third kappa shape index (κ3) is 6.65. The molecule has 1 heterocycles. The van der Waals surface area contributed by atoms with Gasteiger partial charge >= 0.3 is 19.2 Å². The van der Waals surface area contributed by atoms with Gasteiger partial charge in [-0.15, -0.1) is 0 Å². The van der Waals surface area contributed by atoms with E-state index in [2.05, 4.69) is 4.74 Å². The van der Waals surface area contributed by atoms with Gasteiger partial charge in [0.15, 0.2) is 0 Å². The van der Waals surface area contributed by atoms with Gasteiger partial charge in [0, 0.05) is 6.54 Å². The van der Waals surface area contributed by atoms with E-state index in [1.807, 2.05) is 39.7 Å². The molecule has 1 saturated heterocycles. The predicted octanol–water partition coefficient (Wildman–Crippen LogP) is 2.97. The molecule has 0 aliphatic carbocycles. The normalized spacial score (nSPS) is 18.8. The van der Waals surface area contributed by atoms with E-state index in [0.29, 0.717) is 13.0 Å². The SMILES string of the molecule is COC(=O)CN(CC/C=C/B1OC(C)(C)C(C)(C)O1)C(=O)OC(C)(C)C. The Kier molecular flexibility index (Phi) is 7.30. The first-order chi connectivity index (χ1) is 11.8. The first-order valence-corrected chi connectivity index (χ1v) is 8.84. The van der Waals surface area contributed by atoms with Gasteiger partial charge < -0.3 is 18.8 Å². The standard InChI is InChI=1S/C18H32BNO6/c1-16(2,3)24-15(22)20(13-14(21)23-8)12-10-9-11-19-25-17(4,5)18(6,7)26-19/h9,11H,10,12-13H2,1-8H3/b11-9+. The molecule has 0 spiro atoms. The van der Waals surface area contributed by atoms with Crippen LogP contribution < -0.4 is 0 Å². The Bertz CT molecular complexity index is 522. The van der Waals surface area contributed by atoms with Crippen molar-refractivity contribution in [3.05, 3.63) is 12.1 Å². The molecule has 1 rings (SSSR count). The van der Waals surface area contributed by atoms with E-state index in [1.165, 1.54) is 12.0 Å². The molecule has 0 aromatic heterocycles. The van der Waals surface area contributed by atoms with Gasteiger partial charge in [0.25, 0.3) is 0 Å². The van der Waals surface area contributed by atoms with Gasteiger partial charge in [-0.1, -0.05) is 12.1 Å². The Balaban J connectivity index is 2.61. The Morgan fingerprint density at radius 3 is 2.12 bits per heavy atom. The van der Waals surface area contributed by atoms with Crippen molar-refractivity contribution >= 4 is 19.2 Å². The third-order valence-electron chi connectivity index (χ3n) is 4.33. The molecule has 7 nitrogen and oxygen atoms in total. The molecule has 0 aromatic carbocycles. The number of esters is 1. The number of nitrogens with zero attached hydrogens (tertiary/aromatic N) is 1. The second kappa shape index (κ2) is 8.44. The lowest BCUT2D eigenvalue weighted by molar-refractivity contribution is -0.141. The monoisotopic (exact) mass is 369 g/mol. The van der Waals surface area contributed by atoms with Crippen LogP contribution in [0.4, 0.5) is 4.79 Å². The Hall–Kier alpha value is -1.54. The van der Waals surface area contributed by atoms with Crippen LogP contribution in [0.3, 0.4) is 0 Å². The first kappa shape index (κ1) is 22.5. The Morgan fingerprint density at radius 1 is 1.12 bits per heavy atom. The number of rotatable bonds is 6. The van der Waals surface area contributed by atoms with Crippen molar-refractivity contribution in [2.45, 2.75) is 71.7 Å². The highest BCUT2D eigenvalue weighted by Crippen LogP contribution is 2.36. The van der Waals surface area contributed by atoms with Gasteiger partial charge in [-0.05, 0) is 54.9 Å². The zero-order valence-electron chi connectivity index (χ0n) is 17.3. The molecule has 0 atom stereocenters. The Morgan fingerprint density at radius 2 is 1.65 bits per heavy atom. The molecule has 1 aliphatic heterocycles. The van der Waals surface area contributed by atoms with Gasteiger partial charge in [0.1, 0.15) is 12.1 Å². The number of methoxy groups -OCH3 is 1. The van der Waals surface area contributed by atoms with Crippen LogP contribution >= 0.6 is 0 Å². The molecule has 148 valence electrons. The summed E-state index contributed by atoms with van der Waals surface area (Å²) < 4.78 is 21.7. The maximum absolute atomic E-state index is 12.3. The summed E-state index contributed by atoms with van der Waals surface area (Å²) in [6.07, 6.45) is 1.85. The molecule has 0 bridgehead atoms. The third-order valence-corrected chi connectivity index (χ3v) is 4.33. The highest BCUT2D eigenvalue weighted by atomic mass is 16.7. The van der Waals surface area contributed by atoms with Crippen molar-refractivity contribution in [3.63, 3.8) is 0 Å². The van der Waals surface area contributed by atoms with E-state index in [-0.39, 0.29) is 6.54 Å². The van der Waals surface area contributed by atoms with Crippen LogP contribution in [-0.2, 0) is 23.6 Å². The van der Waals surface area contributed by atoms with E-state index >= 15 is 0 Å². The molecular weight excluding hydrogens is 337 g/mol. The van der Waals surface area contributed by atoms with Crippen molar-refractivity contribution in [1.82, 2.24) is 4.90 Å². The van der Waals surface area contributed by atoms with E-state index in [1.54, 1.807) is 20.8 Å². The lowest BCUT2D eigenvalue weighted by Gasteiger charge is -2.32. The fourth-order valence-electron chi connectivity index (χ4n) is 2.19. The first-order valence-electron chi connectivity index (χ1n) is 8.84. The van der Waals surface area contributed by atoms with Crippen LogP contribution in [0.2, 0.25) is 0 Å². The quantitative estimate of drug-likeness (QED) is 0.529. The van der Waals surface area contributed by atoms with Crippen LogP contribution in [0.15, 0.2) is 12.1 Å². The zero-order chi connectivity index (χ0) is 20.2. The number of amides is 1. The van der Waals surface area contributed by atoms with Crippen molar-refractivity contribution in [1.29, 1.82) is 0 Å². The molecule has 0 aromatic rings. The van der Waals surface area contributed by atoms with E-state index in [4.69, 9.17) is 14.0 Å². The van der Waals surface area contributed by atoms with E-state index in [0.717, 1.165) is 0 Å². The topological polar surface area (TPSA) is 74.3 Å². The van der Waals surface area contributed by atoms with E-state index in [9.17, 15) is 9.59 Å². The van der Waals surface area contributed by atoms with E-state index < -0.39 is 36.0 Å². The van der Waals surface area contributed by atoms with Gasteiger partial charge in [0.05, 0.1) is 18.3 Å². The fraction of sp³-hybridized carbons (Fsp3) is 0.778. The smallest absolute Gasteiger partial charge is 0.468 e. The minimum absolute atomic E-state index is 0.157. The summed E-state index contributed by atoms with van der Waals surface area (Å²) in [4.78, 5) is 25.1. The minimum Gasteiger partial charge on any atom is -0.468 e. The molecule has 0 saturated carbocycles. The van der Waals surface area contributed by atoms with Crippen LogP contribution in [0.25, 0.3) is 0 Å². The highest BCUT2D eigenvalue weighted by molar-refractivity contribution is 6.51. The average Bonchev–Trinajstić information content (AvgIpc) is 2.67. The maximum atomic E-state index is 12.3. The van der Waals surface area contributed by atoms with Crippen LogP contribution in [0.5, 0.6) is 0 Å². The summed E-state index contributed by atoms with van der Waals surface area (Å²) in [5.74, 6) is 1.33. The number of carbonyl (C=O) groups excluding carboxylic acids is 2. The molecule has 8 heteroatoms. The summed E-state index contributed by atoms with van der Waals surface area (Å²) in [6, 6.07) is 0. The molecule has 0 radical (unpaired) electrons. The van der Waals surface area contributed by atoms with Crippen LogP contribution in [0, 0.1) is 0 Å². The molecule has 1 fully saturated rings. The van der Waals surface area contributed by atoms with Gasteiger partial charge in [0.2, 0.25) is 0 Å². The number of hydrogen-bond donors (Lipinski definition) is 0. The lowest BCUT2D eigenvalue weighted by atomic mass is 9.90. The lowest BCUT2D eigenvalue weighted by Crippen LogP contribution is -2.41. The highest BCUT2D eigenvalue weighted by Gasteiger charge is 2.49. The summed E-state index contributed by atoms with van der Waals surface area (Å²) in [6.45, 7) is 13.4. The second-order valence-corrected chi connectivity index (χ2v) is 8.32. The largest absolute Gasteiger partial charge is 0.486 e. The molecule has 0 N–H and O–H groups in total. The average molecular weight is 369 g/mol. The summed E-state index contributed by atoms with van der Waals surface area (Å²) in [7, 11) is 0.851. The second-order valence-electron chi connectivity index (χ2n) is 8.32. The zero-order valence-corrected chi connectivity index (χ0v) is 17.3. The number of hydrogen-bond acceptors (Lipinski definition) is 6. The van der Waals surface area contributed by atoms with Crippen molar-refractivity contribution in [3.8, 4) is 0 Å². The fourth-order valence-corrected chi connectivity index (χ4v) is 2.19. The minimum atomic E-state index is -0.635. The van der Waals surface area contributed by atoms with Crippen LogP contribution in [-0.4, -0.2) is 61.1 Å². The molecular formula is C18H32BNO6. The Labute approximate surface area is 157 Å². The number of carbonyl (C=O) groups is 2.